The van der Waals surface area contributed by atoms with Gasteiger partial charge < -0.3 is 11.1 Å². The number of nitrogens with one attached hydrogen (secondary N) is 2. The molecule has 0 fully saturated rings. The fourth-order valence-electron chi connectivity index (χ4n) is 1.53. The van der Waals surface area contributed by atoms with Crippen LogP contribution in [0.1, 0.15) is 24.4 Å². The van der Waals surface area contributed by atoms with Crippen LogP contribution in [0.15, 0.2) is 36.7 Å². The van der Waals surface area contributed by atoms with Gasteiger partial charge in [0.2, 0.25) is 5.91 Å². The molecule has 2 rings (SSSR count). The summed E-state index contributed by atoms with van der Waals surface area (Å²) in [6.07, 6.45) is 4.60. The molecule has 6 nitrogen and oxygen atoms in total. The molecule has 2 aromatic rings. The van der Waals surface area contributed by atoms with Gasteiger partial charge in [0.1, 0.15) is 12.2 Å². The zero-order valence-electron chi connectivity index (χ0n) is 10.5. The Morgan fingerprint density at radius 2 is 2.16 bits per heavy atom. The molecule has 0 radical (unpaired) electrons. The van der Waals surface area contributed by atoms with Crippen LogP contribution in [0.25, 0.3) is 6.08 Å². The fraction of sp³-hybridized carbons (Fsp3) is 0.154. The van der Waals surface area contributed by atoms with Gasteiger partial charge in [-0.2, -0.15) is 5.10 Å². The summed E-state index contributed by atoms with van der Waals surface area (Å²) >= 11 is 0. The minimum Gasteiger partial charge on any atom is -0.399 e. The highest BCUT2D eigenvalue weighted by atomic mass is 16.1. The van der Waals surface area contributed by atoms with Crippen molar-refractivity contribution in [3.8, 4) is 0 Å². The molecule has 4 N–H and O–H groups in total. The van der Waals surface area contributed by atoms with Gasteiger partial charge in [-0.1, -0.05) is 12.1 Å². The first-order chi connectivity index (χ1) is 9.15. The van der Waals surface area contributed by atoms with E-state index >= 15 is 0 Å². The highest BCUT2D eigenvalue weighted by molar-refractivity contribution is 5.91. The van der Waals surface area contributed by atoms with Crippen LogP contribution in [0, 0.1) is 0 Å². The summed E-state index contributed by atoms with van der Waals surface area (Å²) in [4.78, 5) is 15.7. The van der Waals surface area contributed by atoms with Gasteiger partial charge in [-0.15, -0.1) is 0 Å². The number of carbonyl (C=O) groups excluding carboxylic acids is 1. The van der Waals surface area contributed by atoms with Crippen LogP contribution in [0.3, 0.4) is 0 Å². The first-order valence-corrected chi connectivity index (χ1v) is 5.84. The Labute approximate surface area is 110 Å². The lowest BCUT2D eigenvalue weighted by Gasteiger charge is -2.08. The number of rotatable bonds is 4. The number of amides is 1. The number of nitrogens with two attached hydrogens (primary N) is 1. The first-order valence-electron chi connectivity index (χ1n) is 5.84. The summed E-state index contributed by atoms with van der Waals surface area (Å²) in [6, 6.07) is 7.05. The highest BCUT2D eigenvalue weighted by Crippen LogP contribution is 2.07. The van der Waals surface area contributed by atoms with E-state index in [-0.39, 0.29) is 11.9 Å². The largest absolute Gasteiger partial charge is 0.399 e. The molecule has 1 aromatic heterocycles. The van der Waals surface area contributed by atoms with Crippen molar-refractivity contribution >= 4 is 17.7 Å². The molecule has 0 aliphatic rings. The lowest BCUT2D eigenvalue weighted by molar-refractivity contribution is -0.117. The number of H-pyrrole nitrogens is 1. The monoisotopic (exact) mass is 257 g/mol. The molecule has 0 bridgehead atoms. The Hall–Kier alpha value is -2.63. The predicted molar refractivity (Wildman–Crippen MR) is 72.8 cm³/mol. The molecule has 6 heteroatoms. The van der Waals surface area contributed by atoms with Crippen molar-refractivity contribution < 1.29 is 4.79 Å². The molecule has 1 atom stereocenters. The summed E-state index contributed by atoms with van der Waals surface area (Å²) in [5.74, 6) is 0.426. The highest BCUT2D eigenvalue weighted by Gasteiger charge is 2.09. The number of benzene rings is 1. The summed E-state index contributed by atoms with van der Waals surface area (Å²) in [5, 5.41) is 9.22. The maximum Gasteiger partial charge on any atom is 0.244 e. The first kappa shape index (κ1) is 12.8. The molecule has 0 saturated heterocycles. The molecule has 0 aliphatic heterocycles. The number of hydrogen-bond acceptors (Lipinski definition) is 4. The molecule has 1 amide bonds. The molecule has 0 spiro atoms. The molecular weight excluding hydrogens is 242 g/mol. The second-order valence-corrected chi connectivity index (χ2v) is 4.10. The molecule has 1 unspecified atom stereocenters. The quantitative estimate of drug-likeness (QED) is 0.567. The lowest BCUT2D eigenvalue weighted by atomic mass is 10.2. The molecular formula is C13H15N5O. The van der Waals surface area contributed by atoms with E-state index in [2.05, 4.69) is 20.5 Å². The van der Waals surface area contributed by atoms with Crippen molar-refractivity contribution in [1.29, 1.82) is 0 Å². The van der Waals surface area contributed by atoms with Crippen LogP contribution in [-0.4, -0.2) is 21.1 Å². The Morgan fingerprint density at radius 3 is 2.79 bits per heavy atom. The second-order valence-electron chi connectivity index (χ2n) is 4.10. The average molecular weight is 257 g/mol. The summed E-state index contributed by atoms with van der Waals surface area (Å²) < 4.78 is 0. The van der Waals surface area contributed by atoms with Gasteiger partial charge >= 0.3 is 0 Å². The number of nitrogen functional groups attached to an aromatic ring is 1. The normalized spacial score (nSPS) is 12.5. The lowest BCUT2D eigenvalue weighted by Crippen LogP contribution is -2.25. The Balaban J connectivity index is 1.92. The van der Waals surface area contributed by atoms with Crippen molar-refractivity contribution in [3.05, 3.63) is 48.1 Å². The third kappa shape index (κ3) is 3.67. The summed E-state index contributed by atoms with van der Waals surface area (Å²) in [5.41, 5.74) is 7.19. The maximum atomic E-state index is 11.7. The van der Waals surface area contributed by atoms with Gasteiger partial charge in [-0.25, -0.2) is 4.98 Å². The third-order valence-corrected chi connectivity index (χ3v) is 2.57. The third-order valence-electron chi connectivity index (χ3n) is 2.57. The van der Waals surface area contributed by atoms with E-state index in [1.54, 1.807) is 18.2 Å². The minimum atomic E-state index is -0.217. The SMILES string of the molecule is CC(NC(=O)/C=C/c1ccc(N)cc1)c1ncn[nH]1. The van der Waals surface area contributed by atoms with Crippen molar-refractivity contribution in [2.75, 3.05) is 5.73 Å². The van der Waals surface area contributed by atoms with E-state index in [0.29, 0.717) is 11.5 Å². The topological polar surface area (TPSA) is 96.7 Å². The molecule has 1 heterocycles. The Kier molecular flexibility index (Phi) is 3.92. The van der Waals surface area contributed by atoms with Crippen LogP contribution < -0.4 is 11.1 Å². The Bertz CT molecular complexity index is 559. The van der Waals surface area contributed by atoms with Gasteiger partial charge in [0.15, 0.2) is 0 Å². The standard InChI is InChI=1S/C13H15N5O/c1-9(13-15-8-16-18-13)17-12(19)7-4-10-2-5-11(14)6-3-10/h2-9H,14H2,1H3,(H,17,19)(H,15,16,18)/b7-4+. The van der Waals surface area contributed by atoms with Crippen molar-refractivity contribution in [2.45, 2.75) is 13.0 Å². The van der Waals surface area contributed by atoms with Crippen LogP contribution >= 0.6 is 0 Å². The van der Waals surface area contributed by atoms with Gasteiger partial charge in [0.25, 0.3) is 0 Å². The number of aromatic amines is 1. The van der Waals surface area contributed by atoms with Gasteiger partial charge in [0, 0.05) is 11.8 Å². The van der Waals surface area contributed by atoms with Crippen LogP contribution in [0.4, 0.5) is 5.69 Å². The molecule has 19 heavy (non-hydrogen) atoms. The van der Waals surface area contributed by atoms with Crippen LogP contribution in [0.5, 0.6) is 0 Å². The summed E-state index contributed by atoms with van der Waals surface area (Å²) in [7, 11) is 0. The molecule has 0 saturated carbocycles. The average Bonchev–Trinajstić information content (AvgIpc) is 2.92. The minimum absolute atomic E-state index is 0.194. The van der Waals surface area contributed by atoms with Gasteiger partial charge in [-0.05, 0) is 30.7 Å². The number of hydrogen-bond donors (Lipinski definition) is 3. The van der Waals surface area contributed by atoms with Crippen LogP contribution in [-0.2, 0) is 4.79 Å². The summed E-state index contributed by atoms with van der Waals surface area (Å²) in [6.45, 7) is 1.83. The van der Waals surface area contributed by atoms with Crippen molar-refractivity contribution in [2.24, 2.45) is 0 Å². The van der Waals surface area contributed by atoms with E-state index in [0.717, 1.165) is 5.56 Å². The van der Waals surface area contributed by atoms with E-state index in [1.165, 1.54) is 12.4 Å². The van der Waals surface area contributed by atoms with E-state index in [4.69, 9.17) is 5.73 Å². The zero-order valence-corrected chi connectivity index (χ0v) is 10.5. The zero-order chi connectivity index (χ0) is 13.7. The van der Waals surface area contributed by atoms with E-state index in [1.807, 2.05) is 19.1 Å². The molecule has 1 aromatic carbocycles. The Morgan fingerprint density at radius 1 is 1.42 bits per heavy atom. The van der Waals surface area contributed by atoms with E-state index < -0.39 is 0 Å². The van der Waals surface area contributed by atoms with E-state index in [9.17, 15) is 4.79 Å². The van der Waals surface area contributed by atoms with Crippen LogP contribution in [0.2, 0.25) is 0 Å². The fourth-order valence-corrected chi connectivity index (χ4v) is 1.53. The predicted octanol–water partition coefficient (Wildman–Crippen LogP) is 1.28. The van der Waals surface area contributed by atoms with Crippen molar-refractivity contribution in [3.63, 3.8) is 0 Å². The maximum absolute atomic E-state index is 11.7. The number of nitrogens with zero attached hydrogens (tertiary/aromatic N) is 2. The molecule has 98 valence electrons. The second kappa shape index (κ2) is 5.81. The molecule has 0 aliphatic carbocycles. The van der Waals surface area contributed by atoms with Crippen molar-refractivity contribution in [1.82, 2.24) is 20.5 Å². The van der Waals surface area contributed by atoms with Gasteiger partial charge in [0.05, 0.1) is 6.04 Å². The number of carbonyl (C=O) groups is 1. The smallest absolute Gasteiger partial charge is 0.244 e. The number of anilines is 1. The number of aromatic nitrogens is 3. The van der Waals surface area contributed by atoms with Gasteiger partial charge in [-0.3, -0.25) is 9.89 Å².